The SMILES string of the molecule is CCCC1(OC(F)(F)F)CCCCC1C(C)c1c(F)c(F)c(-c2ccc(-c3ccccc3)cc2)c(F)c1F. The minimum absolute atomic E-state index is 0.00155. The van der Waals surface area contributed by atoms with Crippen molar-refractivity contribution in [3.05, 3.63) is 83.4 Å². The maximum Gasteiger partial charge on any atom is 0.523 e. The van der Waals surface area contributed by atoms with Gasteiger partial charge in [-0.25, -0.2) is 17.6 Å². The molecule has 0 amide bonds. The molecule has 3 atom stereocenters. The molecule has 1 aliphatic rings. The first-order chi connectivity index (χ1) is 18.0. The average molecular weight is 539 g/mol. The molecule has 3 unspecified atom stereocenters. The Kier molecular flexibility index (Phi) is 8.21. The molecule has 3 aromatic rings. The number of rotatable bonds is 7. The molecule has 4 rings (SSSR count). The normalized spacial score (nSPS) is 20.9. The van der Waals surface area contributed by atoms with Crippen LogP contribution in [0.25, 0.3) is 22.3 Å². The third kappa shape index (κ3) is 5.46. The first-order valence-electron chi connectivity index (χ1n) is 12.8. The summed E-state index contributed by atoms with van der Waals surface area (Å²) in [5.74, 6) is -8.60. The highest BCUT2D eigenvalue weighted by molar-refractivity contribution is 5.71. The van der Waals surface area contributed by atoms with Crippen molar-refractivity contribution in [3.63, 3.8) is 0 Å². The lowest BCUT2D eigenvalue weighted by Gasteiger charge is -2.47. The first-order valence-corrected chi connectivity index (χ1v) is 12.8. The summed E-state index contributed by atoms with van der Waals surface area (Å²) >= 11 is 0. The lowest BCUT2D eigenvalue weighted by molar-refractivity contribution is -0.381. The molecule has 0 bridgehead atoms. The Balaban J connectivity index is 1.75. The topological polar surface area (TPSA) is 9.23 Å². The van der Waals surface area contributed by atoms with Crippen LogP contribution in [0.3, 0.4) is 0 Å². The molecule has 0 saturated heterocycles. The Morgan fingerprint density at radius 3 is 1.92 bits per heavy atom. The van der Waals surface area contributed by atoms with E-state index in [-0.39, 0.29) is 24.8 Å². The standard InChI is InChI=1S/C30H29F7O/c1-3-16-29(38-30(35,36)37)17-8-7-11-22(29)18(2)23-25(31)27(33)24(28(34)26(23)32)21-14-12-20(13-15-21)19-9-5-4-6-10-19/h4-6,9-10,12-15,18,22H,3,7-8,11,16-17H2,1-2H3. The van der Waals surface area contributed by atoms with E-state index < -0.39 is 58.2 Å². The minimum Gasteiger partial charge on any atom is -0.285 e. The Bertz CT molecular complexity index is 1220. The second-order valence-corrected chi connectivity index (χ2v) is 9.99. The van der Waals surface area contributed by atoms with E-state index >= 15 is 17.6 Å². The van der Waals surface area contributed by atoms with Crippen LogP contribution in [0.5, 0.6) is 0 Å². The largest absolute Gasteiger partial charge is 0.523 e. The van der Waals surface area contributed by atoms with Gasteiger partial charge in [0.15, 0.2) is 23.3 Å². The molecule has 1 nitrogen and oxygen atoms in total. The summed E-state index contributed by atoms with van der Waals surface area (Å²) in [6.07, 6.45) is -3.44. The number of alkyl halides is 3. The van der Waals surface area contributed by atoms with Crippen molar-refractivity contribution in [2.24, 2.45) is 5.92 Å². The highest BCUT2D eigenvalue weighted by atomic mass is 19.4. The summed E-state index contributed by atoms with van der Waals surface area (Å²) in [6.45, 7) is 3.00. The maximum atomic E-state index is 15.5. The van der Waals surface area contributed by atoms with Gasteiger partial charge in [-0.05, 0) is 47.8 Å². The van der Waals surface area contributed by atoms with Crippen LogP contribution in [0.15, 0.2) is 54.6 Å². The van der Waals surface area contributed by atoms with E-state index in [9.17, 15) is 13.2 Å². The molecule has 1 saturated carbocycles. The van der Waals surface area contributed by atoms with E-state index in [0.29, 0.717) is 19.3 Å². The molecule has 0 aromatic heterocycles. The van der Waals surface area contributed by atoms with Crippen molar-refractivity contribution in [1.82, 2.24) is 0 Å². The fourth-order valence-corrected chi connectivity index (χ4v) is 6.05. The number of hydrogen-bond donors (Lipinski definition) is 0. The number of hydrogen-bond acceptors (Lipinski definition) is 1. The van der Waals surface area contributed by atoms with E-state index in [0.717, 1.165) is 11.1 Å². The predicted octanol–water partition coefficient (Wildman–Crippen LogP) is 9.95. The number of halogens is 7. The molecular formula is C30H29F7O. The monoisotopic (exact) mass is 538 g/mol. The van der Waals surface area contributed by atoms with Gasteiger partial charge in [0.25, 0.3) is 0 Å². The van der Waals surface area contributed by atoms with Gasteiger partial charge in [0.05, 0.1) is 11.2 Å². The van der Waals surface area contributed by atoms with Crippen molar-refractivity contribution in [2.45, 2.75) is 70.3 Å². The fourth-order valence-electron chi connectivity index (χ4n) is 6.05. The molecule has 0 N–H and O–H groups in total. The summed E-state index contributed by atoms with van der Waals surface area (Å²) < 4.78 is 107. The third-order valence-corrected chi connectivity index (χ3v) is 7.67. The van der Waals surface area contributed by atoms with Gasteiger partial charge in [0.1, 0.15) is 0 Å². The third-order valence-electron chi connectivity index (χ3n) is 7.67. The van der Waals surface area contributed by atoms with Gasteiger partial charge in [0.2, 0.25) is 0 Å². The smallest absolute Gasteiger partial charge is 0.285 e. The summed E-state index contributed by atoms with van der Waals surface area (Å²) in [4.78, 5) is 0. The van der Waals surface area contributed by atoms with Crippen molar-refractivity contribution < 1.29 is 35.5 Å². The highest BCUT2D eigenvalue weighted by Gasteiger charge is 2.51. The van der Waals surface area contributed by atoms with E-state index in [1.54, 1.807) is 19.1 Å². The zero-order valence-electron chi connectivity index (χ0n) is 21.1. The minimum atomic E-state index is -4.96. The van der Waals surface area contributed by atoms with Crippen molar-refractivity contribution in [2.75, 3.05) is 0 Å². The summed E-state index contributed by atoms with van der Waals surface area (Å²) in [6, 6.07) is 15.1. The zero-order chi connectivity index (χ0) is 27.7. The van der Waals surface area contributed by atoms with Crippen LogP contribution < -0.4 is 0 Å². The van der Waals surface area contributed by atoms with Crippen LogP contribution in [0.2, 0.25) is 0 Å². The highest BCUT2D eigenvalue weighted by Crippen LogP contribution is 2.51. The van der Waals surface area contributed by atoms with Gasteiger partial charge in [-0.3, -0.25) is 4.74 Å². The summed E-state index contributed by atoms with van der Waals surface area (Å²) in [7, 11) is 0. The van der Waals surface area contributed by atoms with Crippen LogP contribution in [0, 0.1) is 29.2 Å². The Hall–Kier alpha value is -2.87. The van der Waals surface area contributed by atoms with Crippen LogP contribution in [0.4, 0.5) is 30.7 Å². The molecular weight excluding hydrogens is 509 g/mol. The Morgan fingerprint density at radius 2 is 1.37 bits per heavy atom. The van der Waals surface area contributed by atoms with Gasteiger partial charge in [-0.1, -0.05) is 87.7 Å². The second kappa shape index (κ2) is 11.1. The van der Waals surface area contributed by atoms with Gasteiger partial charge in [-0.2, -0.15) is 0 Å². The fraction of sp³-hybridized carbons (Fsp3) is 0.400. The van der Waals surface area contributed by atoms with Crippen molar-refractivity contribution in [1.29, 1.82) is 0 Å². The van der Waals surface area contributed by atoms with E-state index in [2.05, 4.69) is 4.74 Å². The first kappa shape index (κ1) is 28.1. The molecule has 0 spiro atoms. The van der Waals surface area contributed by atoms with Crippen LogP contribution in [-0.2, 0) is 4.74 Å². The van der Waals surface area contributed by atoms with E-state index in [4.69, 9.17) is 0 Å². The van der Waals surface area contributed by atoms with Crippen molar-refractivity contribution in [3.8, 4) is 22.3 Å². The van der Waals surface area contributed by atoms with Gasteiger partial charge >= 0.3 is 6.36 Å². The molecule has 8 heteroatoms. The van der Waals surface area contributed by atoms with Crippen LogP contribution in [-0.4, -0.2) is 12.0 Å². The Labute approximate surface area is 217 Å². The Morgan fingerprint density at radius 1 is 0.816 bits per heavy atom. The number of benzene rings is 3. The molecule has 0 heterocycles. The molecule has 0 aliphatic heterocycles. The summed E-state index contributed by atoms with van der Waals surface area (Å²) in [5.41, 5.74) is -1.94. The van der Waals surface area contributed by atoms with Crippen LogP contribution in [0.1, 0.15) is 63.9 Å². The molecule has 204 valence electrons. The summed E-state index contributed by atoms with van der Waals surface area (Å²) in [5, 5.41) is 0. The maximum absolute atomic E-state index is 15.5. The van der Waals surface area contributed by atoms with Gasteiger partial charge in [0, 0.05) is 5.56 Å². The molecule has 1 aliphatic carbocycles. The lowest BCUT2D eigenvalue weighted by Crippen LogP contribution is -2.49. The molecule has 38 heavy (non-hydrogen) atoms. The molecule has 1 fully saturated rings. The molecule has 3 aromatic carbocycles. The van der Waals surface area contributed by atoms with E-state index in [1.165, 1.54) is 19.1 Å². The van der Waals surface area contributed by atoms with Crippen molar-refractivity contribution >= 4 is 0 Å². The van der Waals surface area contributed by atoms with Gasteiger partial charge < -0.3 is 0 Å². The molecule has 0 radical (unpaired) electrons. The quantitative estimate of drug-likeness (QED) is 0.215. The van der Waals surface area contributed by atoms with Crippen LogP contribution >= 0.6 is 0 Å². The average Bonchev–Trinajstić information content (AvgIpc) is 2.88. The lowest BCUT2D eigenvalue weighted by atomic mass is 9.66. The predicted molar refractivity (Wildman–Crippen MR) is 132 cm³/mol. The second-order valence-electron chi connectivity index (χ2n) is 9.99. The zero-order valence-corrected chi connectivity index (χ0v) is 21.1. The number of ether oxygens (including phenoxy) is 1. The van der Waals surface area contributed by atoms with E-state index in [1.807, 2.05) is 30.3 Å². The van der Waals surface area contributed by atoms with Gasteiger partial charge in [-0.15, -0.1) is 13.2 Å².